The predicted molar refractivity (Wildman–Crippen MR) is 93.7 cm³/mol. The highest BCUT2D eigenvalue weighted by atomic mass is 35.5. The Kier molecular flexibility index (Phi) is 5.76. The molecule has 4 nitrogen and oxygen atoms in total. The first-order chi connectivity index (χ1) is 10.9. The van der Waals surface area contributed by atoms with Crippen LogP contribution in [-0.4, -0.2) is 18.1 Å². The number of nitrogens with two attached hydrogens (primary N) is 1. The summed E-state index contributed by atoms with van der Waals surface area (Å²) >= 11 is 0. The van der Waals surface area contributed by atoms with Gasteiger partial charge < -0.3 is 15.8 Å². The van der Waals surface area contributed by atoms with Crippen LogP contribution in [0.15, 0.2) is 18.2 Å². The molecule has 0 radical (unpaired) electrons. The maximum Gasteiger partial charge on any atom is 0.223 e. The van der Waals surface area contributed by atoms with Crippen LogP contribution >= 0.6 is 12.4 Å². The average molecular weight is 357 g/mol. The van der Waals surface area contributed by atoms with Crippen LogP contribution in [0.4, 0.5) is 4.39 Å². The van der Waals surface area contributed by atoms with Gasteiger partial charge in [-0.15, -0.1) is 12.4 Å². The lowest BCUT2D eigenvalue weighted by atomic mass is 9.88. The van der Waals surface area contributed by atoms with E-state index < -0.39 is 5.60 Å². The Morgan fingerprint density at radius 3 is 2.88 bits per heavy atom. The molecule has 1 heterocycles. The zero-order valence-electron chi connectivity index (χ0n) is 14.2. The summed E-state index contributed by atoms with van der Waals surface area (Å²) < 4.78 is 19.4. The van der Waals surface area contributed by atoms with Gasteiger partial charge in [-0.3, -0.25) is 4.79 Å². The van der Waals surface area contributed by atoms with E-state index in [0.29, 0.717) is 18.7 Å². The van der Waals surface area contributed by atoms with Crippen molar-refractivity contribution in [2.24, 2.45) is 17.6 Å². The van der Waals surface area contributed by atoms with Crippen LogP contribution in [0.2, 0.25) is 0 Å². The van der Waals surface area contributed by atoms with E-state index in [4.69, 9.17) is 10.5 Å². The zero-order chi connectivity index (χ0) is 16.6. The largest absolute Gasteiger partial charge is 0.487 e. The second-order valence-electron chi connectivity index (χ2n) is 7.34. The minimum Gasteiger partial charge on any atom is -0.487 e. The number of benzene rings is 1. The van der Waals surface area contributed by atoms with Gasteiger partial charge in [0.2, 0.25) is 5.91 Å². The van der Waals surface area contributed by atoms with Crippen molar-refractivity contribution in [2.45, 2.75) is 51.2 Å². The molecule has 3 N–H and O–H groups in total. The summed E-state index contributed by atoms with van der Waals surface area (Å²) in [5, 5.41) is 3.16. The van der Waals surface area contributed by atoms with Gasteiger partial charge in [0.05, 0.1) is 6.04 Å². The Hall–Kier alpha value is -1.33. The zero-order valence-corrected chi connectivity index (χ0v) is 15.0. The third kappa shape index (κ3) is 3.83. The summed E-state index contributed by atoms with van der Waals surface area (Å²) in [6, 6.07) is 4.37. The van der Waals surface area contributed by atoms with Gasteiger partial charge in [0.15, 0.2) is 0 Å². The average Bonchev–Trinajstić information content (AvgIpc) is 2.93. The van der Waals surface area contributed by atoms with E-state index in [0.717, 1.165) is 24.8 Å². The lowest BCUT2D eigenvalue weighted by Gasteiger charge is -2.38. The molecule has 1 saturated carbocycles. The van der Waals surface area contributed by atoms with E-state index in [-0.39, 0.29) is 42.0 Å². The van der Waals surface area contributed by atoms with Crippen LogP contribution < -0.4 is 15.8 Å². The first kappa shape index (κ1) is 19.0. The number of ether oxygens (including phenoxy) is 1. The monoisotopic (exact) mass is 356 g/mol. The smallest absolute Gasteiger partial charge is 0.223 e. The molecule has 3 atom stereocenters. The maximum atomic E-state index is 13.5. The van der Waals surface area contributed by atoms with Gasteiger partial charge >= 0.3 is 0 Å². The number of halogens is 2. The number of hydrogen-bond acceptors (Lipinski definition) is 3. The third-order valence-electron chi connectivity index (χ3n) is 5.05. The number of amides is 1. The summed E-state index contributed by atoms with van der Waals surface area (Å²) in [4.78, 5) is 12.7. The van der Waals surface area contributed by atoms with Gasteiger partial charge in [-0.2, -0.15) is 0 Å². The van der Waals surface area contributed by atoms with E-state index >= 15 is 0 Å². The Balaban J connectivity index is 0.00000208. The highest BCUT2D eigenvalue weighted by Gasteiger charge is 2.38. The van der Waals surface area contributed by atoms with Crippen LogP contribution in [-0.2, 0) is 4.79 Å². The fourth-order valence-electron chi connectivity index (χ4n) is 3.90. The van der Waals surface area contributed by atoms with Gasteiger partial charge in [-0.05, 0) is 45.2 Å². The van der Waals surface area contributed by atoms with E-state index in [1.54, 1.807) is 6.07 Å². The molecule has 1 fully saturated rings. The van der Waals surface area contributed by atoms with Crippen molar-refractivity contribution in [1.29, 1.82) is 0 Å². The van der Waals surface area contributed by atoms with Crippen LogP contribution in [0.1, 0.15) is 51.1 Å². The van der Waals surface area contributed by atoms with Crippen molar-refractivity contribution < 1.29 is 13.9 Å². The molecule has 1 unspecified atom stereocenters. The number of hydrogen-bond donors (Lipinski definition) is 2. The van der Waals surface area contributed by atoms with Crippen molar-refractivity contribution in [3.8, 4) is 5.75 Å². The van der Waals surface area contributed by atoms with Gasteiger partial charge in [0.1, 0.15) is 17.2 Å². The second kappa shape index (κ2) is 7.28. The molecule has 6 heteroatoms. The van der Waals surface area contributed by atoms with E-state index in [9.17, 15) is 9.18 Å². The van der Waals surface area contributed by atoms with Gasteiger partial charge in [0, 0.05) is 24.0 Å². The lowest BCUT2D eigenvalue weighted by Crippen LogP contribution is -2.44. The number of carbonyl (C=O) groups excluding carboxylic acids is 1. The van der Waals surface area contributed by atoms with Crippen molar-refractivity contribution in [2.75, 3.05) is 6.54 Å². The Bertz CT molecular complexity index is 609. The van der Waals surface area contributed by atoms with Crippen molar-refractivity contribution in [3.63, 3.8) is 0 Å². The van der Waals surface area contributed by atoms with E-state index in [2.05, 4.69) is 5.32 Å². The number of fused-ring (bicyclic) bond motifs is 1. The van der Waals surface area contributed by atoms with Crippen LogP contribution in [0.25, 0.3) is 0 Å². The SMILES string of the molecule is CC1(C)CC(NC(=O)[C@@H]2CCC[C@@H]2CN)c2ccc(F)cc2O1.Cl. The Labute approximate surface area is 148 Å². The summed E-state index contributed by atoms with van der Waals surface area (Å²) in [5.41, 5.74) is 6.20. The predicted octanol–water partition coefficient (Wildman–Crippen LogP) is 3.34. The maximum absolute atomic E-state index is 13.5. The second-order valence-corrected chi connectivity index (χ2v) is 7.34. The Morgan fingerprint density at radius 1 is 1.42 bits per heavy atom. The van der Waals surface area contributed by atoms with Crippen molar-refractivity contribution in [3.05, 3.63) is 29.6 Å². The fraction of sp³-hybridized carbons (Fsp3) is 0.611. The van der Waals surface area contributed by atoms with Crippen LogP contribution in [0, 0.1) is 17.7 Å². The molecule has 1 aromatic carbocycles. The molecule has 24 heavy (non-hydrogen) atoms. The summed E-state index contributed by atoms with van der Waals surface area (Å²) in [7, 11) is 0. The van der Waals surface area contributed by atoms with Gasteiger partial charge in [0.25, 0.3) is 0 Å². The van der Waals surface area contributed by atoms with Crippen LogP contribution in [0.5, 0.6) is 5.75 Å². The first-order valence-electron chi connectivity index (χ1n) is 8.38. The molecule has 0 aromatic heterocycles. The molecule has 1 aliphatic carbocycles. The number of carbonyl (C=O) groups is 1. The molecule has 1 aromatic rings. The highest BCUT2D eigenvalue weighted by Crippen LogP contribution is 2.40. The van der Waals surface area contributed by atoms with Gasteiger partial charge in [-0.1, -0.05) is 12.5 Å². The summed E-state index contributed by atoms with van der Waals surface area (Å²) in [6.07, 6.45) is 3.64. The lowest BCUT2D eigenvalue weighted by molar-refractivity contribution is -0.127. The van der Waals surface area contributed by atoms with E-state index in [1.165, 1.54) is 12.1 Å². The molecule has 3 rings (SSSR count). The topological polar surface area (TPSA) is 64.4 Å². The molecular weight excluding hydrogens is 331 g/mol. The normalized spacial score (nSPS) is 27.6. The molecule has 1 aliphatic heterocycles. The first-order valence-corrected chi connectivity index (χ1v) is 8.38. The quantitative estimate of drug-likeness (QED) is 0.873. The fourth-order valence-corrected chi connectivity index (χ4v) is 3.90. The minimum atomic E-state index is -0.443. The van der Waals surface area contributed by atoms with Gasteiger partial charge in [-0.25, -0.2) is 4.39 Å². The molecule has 2 aliphatic rings. The summed E-state index contributed by atoms with van der Waals surface area (Å²) in [5.74, 6) is 0.528. The molecule has 1 amide bonds. The van der Waals surface area contributed by atoms with Crippen molar-refractivity contribution >= 4 is 18.3 Å². The molecule has 0 saturated heterocycles. The third-order valence-corrected chi connectivity index (χ3v) is 5.05. The molecular formula is C18H26ClFN2O2. The Morgan fingerprint density at radius 2 is 2.17 bits per heavy atom. The van der Waals surface area contributed by atoms with Crippen molar-refractivity contribution in [1.82, 2.24) is 5.32 Å². The highest BCUT2D eigenvalue weighted by molar-refractivity contribution is 5.85. The number of nitrogens with one attached hydrogen (secondary N) is 1. The van der Waals surface area contributed by atoms with E-state index in [1.807, 2.05) is 13.8 Å². The minimum absolute atomic E-state index is 0. The molecule has 134 valence electrons. The molecule has 0 spiro atoms. The summed E-state index contributed by atoms with van der Waals surface area (Å²) in [6.45, 7) is 4.47. The van der Waals surface area contributed by atoms with Crippen LogP contribution in [0.3, 0.4) is 0 Å². The standard InChI is InChI=1S/C18H25FN2O2.ClH/c1-18(2)9-15(14-7-6-12(19)8-16(14)23-18)21-17(22)13-5-3-4-11(13)10-20;/h6-8,11,13,15H,3-5,9-10,20H2,1-2H3,(H,21,22);1H/t11-,13-,15?;/m1./s1. The number of rotatable bonds is 3. The molecule has 0 bridgehead atoms.